The fraction of sp³-hybridized carbons (Fsp3) is 0.636. The molecule has 3 N–H and O–H groups in total. The Balaban J connectivity index is 1.98. The SMILES string of the molecule is Cc1[nH]nc(NC(=O)C(C)C2CNC2)c1C. The highest BCUT2D eigenvalue weighted by atomic mass is 16.2. The second kappa shape index (κ2) is 4.25. The highest BCUT2D eigenvalue weighted by molar-refractivity contribution is 5.92. The third kappa shape index (κ3) is 1.95. The minimum atomic E-state index is 0.0395. The Hall–Kier alpha value is -1.36. The number of aryl methyl sites for hydroxylation is 1. The number of nitrogens with one attached hydrogen (secondary N) is 3. The molecule has 0 saturated carbocycles. The van der Waals surface area contributed by atoms with Gasteiger partial charge in [0.25, 0.3) is 0 Å². The normalized spacial score (nSPS) is 17.9. The summed E-state index contributed by atoms with van der Waals surface area (Å²) in [6.07, 6.45) is 0. The molecule has 1 aromatic rings. The lowest BCUT2D eigenvalue weighted by Crippen LogP contribution is -2.48. The van der Waals surface area contributed by atoms with Crippen molar-refractivity contribution in [1.29, 1.82) is 0 Å². The maximum Gasteiger partial charge on any atom is 0.228 e. The molecule has 16 heavy (non-hydrogen) atoms. The van der Waals surface area contributed by atoms with Crippen molar-refractivity contribution in [3.05, 3.63) is 11.3 Å². The summed E-state index contributed by atoms with van der Waals surface area (Å²) < 4.78 is 0. The van der Waals surface area contributed by atoms with Crippen LogP contribution in [0, 0.1) is 25.7 Å². The number of hydrogen-bond donors (Lipinski definition) is 3. The number of carbonyl (C=O) groups is 1. The molecule has 1 saturated heterocycles. The molecule has 5 heteroatoms. The number of carbonyl (C=O) groups excluding carboxylic acids is 1. The van der Waals surface area contributed by atoms with E-state index in [-0.39, 0.29) is 11.8 Å². The Morgan fingerprint density at radius 1 is 1.50 bits per heavy atom. The highest BCUT2D eigenvalue weighted by Gasteiger charge is 2.29. The number of amides is 1. The average Bonchev–Trinajstić information content (AvgIpc) is 2.47. The monoisotopic (exact) mass is 222 g/mol. The van der Waals surface area contributed by atoms with Crippen molar-refractivity contribution in [2.75, 3.05) is 18.4 Å². The van der Waals surface area contributed by atoms with Crippen molar-refractivity contribution in [3.8, 4) is 0 Å². The number of aromatic nitrogens is 2. The van der Waals surface area contributed by atoms with Crippen LogP contribution in [0.25, 0.3) is 0 Å². The fourth-order valence-corrected chi connectivity index (χ4v) is 1.72. The quantitative estimate of drug-likeness (QED) is 0.709. The molecule has 88 valence electrons. The van der Waals surface area contributed by atoms with Crippen LogP contribution < -0.4 is 10.6 Å². The maximum absolute atomic E-state index is 11.9. The standard InChI is InChI=1S/C11H18N4O/c1-6-8(3)14-15-10(6)13-11(16)7(2)9-4-12-5-9/h7,9,12H,4-5H2,1-3H3,(H2,13,14,15,16). The van der Waals surface area contributed by atoms with Crippen LogP contribution in [0.2, 0.25) is 0 Å². The molecular weight excluding hydrogens is 204 g/mol. The number of H-pyrrole nitrogens is 1. The highest BCUT2D eigenvalue weighted by Crippen LogP contribution is 2.19. The second-order valence-corrected chi connectivity index (χ2v) is 4.52. The molecule has 2 rings (SSSR count). The van der Waals surface area contributed by atoms with E-state index in [1.54, 1.807) is 0 Å². The van der Waals surface area contributed by atoms with Gasteiger partial charge in [0.1, 0.15) is 0 Å². The number of aromatic amines is 1. The molecule has 1 fully saturated rings. The lowest BCUT2D eigenvalue weighted by Gasteiger charge is -2.31. The zero-order chi connectivity index (χ0) is 11.7. The lowest BCUT2D eigenvalue weighted by molar-refractivity contribution is -0.121. The predicted octanol–water partition coefficient (Wildman–Crippen LogP) is 0.821. The Labute approximate surface area is 95.0 Å². The topological polar surface area (TPSA) is 69.8 Å². The molecule has 5 nitrogen and oxygen atoms in total. The zero-order valence-electron chi connectivity index (χ0n) is 9.92. The Bertz CT molecular complexity index is 395. The summed E-state index contributed by atoms with van der Waals surface area (Å²) in [5, 5.41) is 13.0. The van der Waals surface area contributed by atoms with Gasteiger partial charge < -0.3 is 10.6 Å². The largest absolute Gasteiger partial charge is 0.316 e. The van der Waals surface area contributed by atoms with Gasteiger partial charge in [-0.25, -0.2) is 0 Å². The molecule has 1 unspecified atom stereocenters. The van der Waals surface area contributed by atoms with E-state index in [4.69, 9.17) is 0 Å². The molecule has 0 bridgehead atoms. The van der Waals surface area contributed by atoms with E-state index < -0.39 is 0 Å². The minimum absolute atomic E-state index is 0.0395. The van der Waals surface area contributed by atoms with Crippen molar-refractivity contribution in [2.45, 2.75) is 20.8 Å². The molecule has 1 aliphatic rings. The van der Waals surface area contributed by atoms with Gasteiger partial charge in [0.15, 0.2) is 5.82 Å². The van der Waals surface area contributed by atoms with Crippen molar-refractivity contribution in [3.63, 3.8) is 0 Å². The number of anilines is 1. The molecule has 1 aromatic heterocycles. The van der Waals surface area contributed by atoms with E-state index in [9.17, 15) is 4.79 Å². The van der Waals surface area contributed by atoms with Crippen LogP contribution >= 0.6 is 0 Å². The molecular formula is C11H18N4O. The first-order valence-corrected chi connectivity index (χ1v) is 5.62. The first kappa shape index (κ1) is 11.1. The number of hydrogen-bond acceptors (Lipinski definition) is 3. The van der Waals surface area contributed by atoms with Gasteiger partial charge in [-0.3, -0.25) is 9.89 Å². The van der Waals surface area contributed by atoms with Crippen LogP contribution in [0.15, 0.2) is 0 Å². The molecule has 1 aliphatic heterocycles. The smallest absolute Gasteiger partial charge is 0.228 e. The van der Waals surface area contributed by atoms with Crippen molar-refractivity contribution >= 4 is 11.7 Å². The summed E-state index contributed by atoms with van der Waals surface area (Å²) in [5.41, 5.74) is 2.00. The van der Waals surface area contributed by atoms with Gasteiger partial charge >= 0.3 is 0 Å². The lowest BCUT2D eigenvalue weighted by atomic mass is 9.88. The summed E-state index contributed by atoms with van der Waals surface area (Å²) in [6.45, 7) is 7.73. The second-order valence-electron chi connectivity index (χ2n) is 4.52. The van der Waals surface area contributed by atoms with Gasteiger partial charge in [0.2, 0.25) is 5.91 Å². The first-order valence-electron chi connectivity index (χ1n) is 5.62. The first-order chi connectivity index (χ1) is 7.59. The van der Waals surface area contributed by atoms with Crippen molar-refractivity contribution < 1.29 is 4.79 Å². The summed E-state index contributed by atoms with van der Waals surface area (Å²) in [5.74, 6) is 1.21. The predicted molar refractivity (Wildman–Crippen MR) is 62.2 cm³/mol. The summed E-state index contributed by atoms with van der Waals surface area (Å²) in [6, 6.07) is 0. The van der Waals surface area contributed by atoms with Gasteiger partial charge in [0, 0.05) is 17.2 Å². The molecule has 0 radical (unpaired) electrons. The minimum Gasteiger partial charge on any atom is -0.316 e. The number of rotatable bonds is 3. The van der Waals surface area contributed by atoms with Gasteiger partial charge in [-0.15, -0.1) is 0 Å². The molecule has 1 amide bonds. The zero-order valence-corrected chi connectivity index (χ0v) is 9.92. The third-order valence-electron chi connectivity index (χ3n) is 3.43. The molecule has 2 heterocycles. The number of nitrogens with zero attached hydrogens (tertiary/aromatic N) is 1. The van der Waals surface area contributed by atoms with E-state index >= 15 is 0 Å². The molecule has 0 aromatic carbocycles. The Morgan fingerprint density at radius 2 is 2.19 bits per heavy atom. The van der Waals surface area contributed by atoms with Crippen LogP contribution in [-0.4, -0.2) is 29.2 Å². The summed E-state index contributed by atoms with van der Waals surface area (Å²) >= 11 is 0. The van der Waals surface area contributed by atoms with Crippen LogP contribution in [0.5, 0.6) is 0 Å². The van der Waals surface area contributed by atoms with Gasteiger partial charge in [-0.05, 0) is 32.9 Å². The van der Waals surface area contributed by atoms with E-state index in [1.165, 1.54) is 0 Å². The van der Waals surface area contributed by atoms with E-state index in [1.807, 2.05) is 20.8 Å². The van der Waals surface area contributed by atoms with E-state index in [2.05, 4.69) is 20.8 Å². The van der Waals surface area contributed by atoms with Gasteiger partial charge in [-0.2, -0.15) is 5.10 Å². The maximum atomic E-state index is 11.9. The van der Waals surface area contributed by atoms with Gasteiger partial charge in [-0.1, -0.05) is 6.92 Å². The molecule has 0 aliphatic carbocycles. The Kier molecular flexibility index (Phi) is 2.96. The van der Waals surface area contributed by atoms with Crippen LogP contribution in [0.3, 0.4) is 0 Å². The fourth-order valence-electron chi connectivity index (χ4n) is 1.72. The van der Waals surface area contributed by atoms with Gasteiger partial charge in [0.05, 0.1) is 0 Å². The van der Waals surface area contributed by atoms with E-state index in [0.717, 1.165) is 24.3 Å². The summed E-state index contributed by atoms with van der Waals surface area (Å²) in [7, 11) is 0. The Morgan fingerprint density at radius 3 is 2.62 bits per heavy atom. The molecule has 1 atom stereocenters. The van der Waals surface area contributed by atoms with Crippen LogP contribution in [-0.2, 0) is 4.79 Å². The summed E-state index contributed by atoms with van der Waals surface area (Å²) in [4.78, 5) is 11.9. The van der Waals surface area contributed by atoms with Crippen molar-refractivity contribution in [1.82, 2.24) is 15.5 Å². The van der Waals surface area contributed by atoms with Crippen molar-refractivity contribution in [2.24, 2.45) is 11.8 Å². The third-order valence-corrected chi connectivity index (χ3v) is 3.43. The van der Waals surface area contributed by atoms with E-state index in [0.29, 0.717) is 11.7 Å². The van der Waals surface area contributed by atoms with Crippen LogP contribution in [0.4, 0.5) is 5.82 Å². The average molecular weight is 222 g/mol. The molecule has 0 spiro atoms. The van der Waals surface area contributed by atoms with Crippen LogP contribution in [0.1, 0.15) is 18.2 Å².